The van der Waals surface area contributed by atoms with Crippen molar-refractivity contribution in [3.8, 4) is 0 Å². The minimum absolute atomic E-state index is 0.0964. The van der Waals surface area contributed by atoms with Gasteiger partial charge in [0.2, 0.25) is 0 Å². The lowest BCUT2D eigenvalue weighted by atomic mass is 10.1. The summed E-state index contributed by atoms with van der Waals surface area (Å²) in [4.78, 5) is 21.8. The van der Waals surface area contributed by atoms with Crippen LogP contribution in [0.3, 0.4) is 0 Å². The van der Waals surface area contributed by atoms with Crippen LogP contribution in [0, 0.1) is 0 Å². The molecule has 0 rings (SSSR count). The maximum atomic E-state index is 10.9. The highest BCUT2D eigenvalue weighted by molar-refractivity contribution is 5.73. The molecule has 0 fully saturated rings. The summed E-state index contributed by atoms with van der Waals surface area (Å²) in [7, 11) is 3.26. The fourth-order valence-corrected chi connectivity index (χ4v) is 2.07. The van der Waals surface area contributed by atoms with Crippen molar-refractivity contribution >= 4 is 12.1 Å². The molecular weight excluding hydrogens is 268 g/mol. The maximum Gasteiger partial charge on any atom is 0.314 e. The molecule has 0 bridgehead atoms. The Labute approximate surface area is 128 Å². The largest absolute Gasteiger partial charge is 0.341 e. The Morgan fingerprint density at radius 3 is 1.14 bits per heavy atom. The Kier molecular flexibility index (Phi) is 13.9. The number of carbonyl (C=O) groups excluding carboxylic acids is 2. The van der Waals surface area contributed by atoms with Crippen LogP contribution < -0.4 is 21.3 Å². The fraction of sp³-hybridized carbons (Fsp3) is 0.867. The maximum absolute atomic E-state index is 10.9. The zero-order valence-electron chi connectivity index (χ0n) is 13.6. The van der Waals surface area contributed by atoms with Crippen molar-refractivity contribution in [1.29, 1.82) is 0 Å². The van der Waals surface area contributed by atoms with E-state index in [9.17, 15) is 9.59 Å². The molecule has 6 nitrogen and oxygen atoms in total. The number of carbonyl (C=O) groups is 2. The molecule has 0 aliphatic heterocycles. The Hall–Kier alpha value is -1.46. The molecule has 0 atom stereocenters. The van der Waals surface area contributed by atoms with E-state index in [2.05, 4.69) is 21.3 Å². The zero-order valence-corrected chi connectivity index (χ0v) is 13.6. The van der Waals surface area contributed by atoms with Gasteiger partial charge in [-0.15, -0.1) is 0 Å². The van der Waals surface area contributed by atoms with E-state index in [4.69, 9.17) is 0 Å². The molecule has 0 heterocycles. The molecule has 0 aliphatic carbocycles. The van der Waals surface area contributed by atoms with Gasteiger partial charge in [-0.3, -0.25) is 0 Å². The number of hydrogen-bond donors (Lipinski definition) is 4. The van der Waals surface area contributed by atoms with E-state index in [-0.39, 0.29) is 12.1 Å². The predicted octanol–water partition coefficient (Wildman–Crippen LogP) is 2.36. The average Bonchev–Trinajstić information content (AvgIpc) is 2.51. The van der Waals surface area contributed by atoms with Gasteiger partial charge in [-0.1, -0.05) is 44.9 Å². The summed E-state index contributed by atoms with van der Waals surface area (Å²) in [5, 5.41) is 10.7. The van der Waals surface area contributed by atoms with Gasteiger partial charge in [-0.05, 0) is 12.8 Å². The van der Waals surface area contributed by atoms with Gasteiger partial charge >= 0.3 is 12.1 Å². The molecule has 6 heteroatoms. The Morgan fingerprint density at radius 2 is 0.857 bits per heavy atom. The molecule has 124 valence electrons. The summed E-state index contributed by atoms with van der Waals surface area (Å²) in [5.74, 6) is 0. The topological polar surface area (TPSA) is 82.3 Å². The zero-order chi connectivity index (χ0) is 15.8. The summed E-state index contributed by atoms with van der Waals surface area (Å²) in [6.07, 6.45) is 10.8. The van der Waals surface area contributed by atoms with Crippen LogP contribution in [-0.4, -0.2) is 39.2 Å². The first-order chi connectivity index (χ1) is 10.2. The number of hydrogen-bond acceptors (Lipinski definition) is 2. The third kappa shape index (κ3) is 14.8. The molecule has 0 aromatic rings. The summed E-state index contributed by atoms with van der Waals surface area (Å²) >= 11 is 0. The van der Waals surface area contributed by atoms with Crippen LogP contribution in [0.25, 0.3) is 0 Å². The first-order valence-electron chi connectivity index (χ1n) is 8.12. The highest BCUT2D eigenvalue weighted by Crippen LogP contribution is 2.09. The Bertz CT molecular complexity index is 246. The number of unbranched alkanes of at least 4 members (excludes halogenated alkanes) is 8. The summed E-state index contributed by atoms with van der Waals surface area (Å²) in [6, 6.07) is -0.193. The number of urea groups is 2. The standard InChI is InChI=1S/C15H32N4O2/c1-16-14(20)18-12-10-8-6-4-3-5-7-9-11-13-19-15(21)17-2/h3-13H2,1-2H3,(H2,16,18,20)(H2,17,19,21). The average molecular weight is 300 g/mol. The summed E-state index contributed by atoms with van der Waals surface area (Å²) in [6.45, 7) is 1.52. The van der Waals surface area contributed by atoms with E-state index in [0.717, 1.165) is 25.9 Å². The van der Waals surface area contributed by atoms with Gasteiger partial charge in [-0.25, -0.2) is 9.59 Å². The van der Waals surface area contributed by atoms with Crippen LogP contribution in [0.4, 0.5) is 9.59 Å². The van der Waals surface area contributed by atoms with Crippen molar-refractivity contribution in [3.05, 3.63) is 0 Å². The van der Waals surface area contributed by atoms with Crippen LogP contribution in [0.5, 0.6) is 0 Å². The van der Waals surface area contributed by atoms with Gasteiger partial charge in [0.1, 0.15) is 0 Å². The van der Waals surface area contributed by atoms with Gasteiger partial charge in [0.15, 0.2) is 0 Å². The highest BCUT2D eigenvalue weighted by Gasteiger charge is 1.96. The highest BCUT2D eigenvalue weighted by atomic mass is 16.2. The molecule has 0 aliphatic rings. The van der Waals surface area contributed by atoms with Gasteiger partial charge < -0.3 is 21.3 Å². The van der Waals surface area contributed by atoms with Gasteiger partial charge in [0.05, 0.1) is 0 Å². The van der Waals surface area contributed by atoms with Crippen molar-refractivity contribution in [2.75, 3.05) is 27.2 Å². The van der Waals surface area contributed by atoms with E-state index < -0.39 is 0 Å². The molecule has 21 heavy (non-hydrogen) atoms. The second-order valence-corrected chi connectivity index (χ2v) is 5.19. The van der Waals surface area contributed by atoms with Gasteiger partial charge in [0.25, 0.3) is 0 Å². The fourth-order valence-electron chi connectivity index (χ4n) is 2.07. The van der Waals surface area contributed by atoms with E-state index in [1.54, 1.807) is 14.1 Å². The first kappa shape index (κ1) is 19.5. The predicted molar refractivity (Wildman–Crippen MR) is 86.5 cm³/mol. The minimum atomic E-state index is -0.0964. The van der Waals surface area contributed by atoms with E-state index in [1.165, 1.54) is 44.9 Å². The molecule has 0 aromatic heterocycles. The molecule has 0 aromatic carbocycles. The summed E-state index contributed by atoms with van der Waals surface area (Å²) in [5.41, 5.74) is 0. The molecule has 4 amide bonds. The Morgan fingerprint density at radius 1 is 0.571 bits per heavy atom. The van der Waals surface area contributed by atoms with Crippen LogP contribution in [0.2, 0.25) is 0 Å². The second-order valence-electron chi connectivity index (χ2n) is 5.19. The molecule has 4 N–H and O–H groups in total. The van der Waals surface area contributed by atoms with Crippen molar-refractivity contribution in [2.45, 2.75) is 57.8 Å². The van der Waals surface area contributed by atoms with Crippen LogP contribution in [0.1, 0.15) is 57.8 Å². The molecule has 0 radical (unpaired) electrons. The number of amides is 4. The monoisotopic (exact) mass is 300 g/mol. The van der Waals surface area contributed by atoms with E-state index in [0.29, 0.717) is 0 Å². The molecular formula is C15H32N4O2. The van der Waals surface area contributed by atoms with E-state index in [1.807, 2.05) is 0 Å². The Balaban J connectivity index is 3.06. The van der Waals surface area contributed by atoms with Gasteiger partial charge in [0, 0.05) is 27.2 Å². The first-order valence-corrected chi connectivity index (χ1v) is 8.12. The lowest BCUT2D eigenvalue weighted by molar-refractivity contribution is 0.242. The number of nitrogens with one attached hydrogen (secondary N) is 4. The molecule has 0 unspecified atom stereocenters. The molecule has 0 saturated carbocycles. The number of rotatable bonds is 12. The van der Waals surface area contributed by atoms with Crippen LogP contribution in [-0.2, 0) is 0 Å². The lowest BCUT2D eigenvalue weighted by Crippen LogP contribution is -2.33. The SMILES string of the molecule is CNC(=O)NCCCCCCCCCCCNC(=O)NC. The van der Waals surface area contributed by atoms with Gasteiger partial charge in [-0.2, -0.15) is 0 Å². The van der Waals surface area contributed by atoms with E-state index >= 15 is 0 Å². The van der Waals surface area contributed by atoms with Crippen molar-refractivity contribution in [1.82, 2.24) is 21.3 Å². The lowest BCUT2D eigenvalue weighted by Gasteiger charge is -2.05. The third-order valence-corrected chi connectivity index (χ3v) is 3.38. The minimum Gasteiger partial charge on any atom is -0.341 e. The van der Waals surface area contributed by atoms with Crippen molar-refractivity contribution in [3.63, 3.8) is 0 Å². The molecule has 0 saturated heterocycles. The third-order valence-electron chi connectivity index (χ3n) is 3.38. The molecule has 0 spiro atoms. The van der Waals surface area contributed by atoms with Crippen molar-refractivity contribution in [2.24, 2.45) is 0 Å². The quantitative estimate of drug-likeness (QED) is 0.417. The second kappa shape index (κ2) is 14.9. The van der Waals surface area contributed by atoms with Crippen molar-refractivity contribution < 1.29 is 9.59 Å². The normalized spacial score (nSPS) is 10.0. The van der Waals surface area contributed by atoms with Crippen LogP contribution in [0.15, 0.2) is 0 Å². The summed E-state index contributed by atoms with van der Waals surface area (Å²) < 4.78 is 0. The smallest absolute Gasteiger partial charge is 0.314 e. The van der Waals surface area contributed by atoms with Crippen LogP contribution >= 0.6 is 0 Å².